The zero-order chi connectivity index (χ0) is 9.40. The Morgan fingerprint density at radius 3 is 2.08 bits per heavy atom. The maximum absolute atomic E-state index is 11.4. The van der Waals surface area contributed by atoms with E-state index in [-0.39, 0.29) is 5.91 Å². The van der Waals surface area contributed by atoms with Crippen LogP contribution in [0.25, 0.3) is 0 Å². The van der Waals surface area contributed by atoms with Gasteiger partial charge in [0.2, 0.25) is 5.91 Å². The fourth-order valence-electron chi connectivity index (χ4n) is 1.18. The van der Waals surface area contributed by atoms with E-state index >= 15 is 0 Å². The zero-order valence-corrected chi connectivity index (χ0v) is 8.18. The highest BCUT2D eigenvalue weighted by molar-refractivity contribution is 5.76. The number of amides is 1. The highest BCUT2D eigenvalue weighted by atomic mass is 16.2. The van der Waals surface area contributed by atoms with Gasteiger partial charge in [0.05, 0.1) is 0 Å². The van der Waals surface area contributed by atoms with Crippen molar-refractivity contribution in [1.29, 1.82) is 0 Å². The Labute approximate surface area is 74.9 Å². The maximum Gasteiger partial charge on any atom is 0.223 e. The molecule has 3 nitrogen and oxygen atoms in total. The predicted molar refractivity (Wildman–Crippen MR) is 50.8 cm³/mol. The number of carbonyl (C=O) groups is 1. The number of hydrogen-bond acceptors (Lipinski definition) is 2. The molecule has 0 atom stereocenters. The third-order valence-corrected chi connectivity index (χ3v) is 1.70. The van der Waals surface area contributed by atoms with E-state index in [0.717, 1.165) is 25.9 Å². The van der Waals surface area contributed by atoms with E-state index in [2.05, 4.69) is 13.8 Å². The summed E-state index contributed by atoms with van der Waals surface area (Å²) in [6, 6.07) is 0. The van der Waals surface area contributed by atoms with Crippen LogP contribution in [-0.2, 0) is 4.79 Å². The van der Waals surface area contributed by atoms with Gasteiger partial charge in [-0.25, -0.2) is 0 Å². The first-order valence-corrected chi connectivity index (χ1v) is 4.74. The van der Waals surface area contributed by atoms with E-state index < -0.39 is 0 Å². The van der Waals surface area contributed by atoms with Crippen LogP contribution in [0, 0.1) is 0 Å². The highest BCUT2D eigenvalue weighted by Gasteiger charge is 2.09. The molecule has 0 saturated heterocycles. The summed E-state index contributed by atoms with van der Waals surface area (Å²) >= 11 is 0. The van der Waals surface area contributed by atoms with E-state index in [0.29, 0.717) is 13.0 Å². The molecule has 0 aromatic rings. The number of hydrogen-bond donors (Lipinski definition) is 1. The minimum atomic E-state index is 0.196. The predicted octanol–water partition coefficient (Wildman–Crippen LogP) is 0.984. The second-order valence-electron chi connectivity index (χ2n) is 2.92. The van der Waals surface area contributed by atoms with E-state index in [1.807, 2.05) is 4.90 Å². The second-order valence-corrected chi connectivity index (χ2v) is 2.92. The molecular weight excluding hydrogens is 152 g/mol. The molecule has 2 N–H and O–H groups in total. The first-order chi connectivity index (χ1) is 5.76. The molecule has 1 amide bonds. The molecule has 0 aromatic carbocycles. The molecule has 0 aliphatic rings. The molecule has 0 aliphatic heterocycles. The molecule has 0 radical (unpaired) electrons. The smallest absolute Gasteiger partial charge is 0.223 e. The summed E-state index contributed by atoms with van der Waals surface area (Å²) < 4.78 is 0. The highest BCUT2D eigenvalue weighted by Crippen LogP contribution is 1.97. The normalized spacial score (nSPS) is 9.92. The summed E-state index contributed by atoms with van der Waals surface area (Å²) in [5.41, 5.74) is 5.31. The number of nitrogens with zero attached hydrogens (tertiary/aromatic N) is 1. The Morgan fingerprint density at radius 1 is 1.25 bits per heavy atom. The van der Waals surface area contributed by atoms with Gasteiger partial charge >= 0.3 is 0 Å². The summed E-state index contributed by atoms with van der Waals surface area (Å²) in [4.78, 5) is 13.3. The number of rotatable bonds is 6. The molecule has 0 aliphatic carbocycles. The molecule has 0 unspecified atom stereocenters. The fourth-order valence-corrected chi connectivity index (χ4v) is 1.18. The van der Waals surface area contributed by atoms with E-state index in [4.69, 9.17) is 5.73 Å². The van der Waals surface area contributed by atoms with Crippen LogP contribution >= 0.6 is 0 Å². The minimum absolute atomic E-state index is 0.196. The Balaban J connectivity index is 3.81. The van der Waals surface area contributed by atoms with Crippen molar-refractivity contribution in [1.82, 2.24) is 4.90 Å². The van der Waals surface area contributed by atoms with Crippen LogP contribution < -0.4 is 5.73 Å². The van der Waals surface area contributed by atoms with Crippen LogP contribution in [0.5, 0.6) is 0 Å². The van der Waals surface area contributed by atoms with E-state index in [1.165, 1.54) is 0 Å². The molecule has 72 valence electrons. The van der Waals surface area contributed by atoms with Gasteiger partial charge in [-0.2, -0.15) is 0 Å². The van der Waals surface area contributed by atoms with Gasteiger partial charge in [0.25, 0.3) is 0 Å². The average molecular weight is 172 g/mol. The largest absolute Gasteiger partial charge is 0.343 e. The Morgan fingerprint density at radius 2 is 1.75 bits per heavy atom. The quantitative estimate of drug-likeness (QED) is 0.649. The first kappa shape index (κ1) is 11.4. The molecule has 0 heterocycles. The van der Waals surface area contributed by atoms with Crippen molar-refractivity contribution in [3.05, 3.63) is 0 Å². The van der Waals surface area contributed by atoms with Crippen molar-refractivity contribution in [2.24, 2.45) is 5.73 Å². The molecule has 0 saturated carbocycles. The number of carbonyl (C=O) groups excluding carboxylic acids is 1. The van der Waals surface area contributed by atoms with E-state index in [1.54, 1.807) is 0 Å². The average Bonchev–Trinajstić information content (AvgIpc) is 2.04. The van der Waals surface area contributed by atoms with Crippen molar-refractivity contribution in [3.8, 4) is 0 Å². The van der Waals surface area contributed by atoms with Crippen LogP contribution in [0.3, 0.4) is 0 Å². The fraction of sp³-hybridized carbons (Fsp3) is 0.889. The summed E-state index contributed by atoms with van der Waals surface area (Å²) in [5, 5.41) is 0. The van der Waals surface area contributed by atoms with Gasteiger partial charge in [0, 0.05) is 26.1 Å². The second kappa shape index (κ2) is 7.10. The molecule has 3 heteroatoms. The summed E-state index contributed by atoms with van der Waals surface area (Å²) in [6.45, 7) is 6.36. The van der Waals surface area contributed by atoms with Crippen LogP contribution in [0.2, 0.25) is 0 Å². The van der Waals surface area contributed by atoms with Crippen molar-refractivity contribution in [2.45, 2.75) is 33.1 Å². The van der Waals surface area contributed by atoms with Crippen molar-refractivity contribution in [3.63, 3.8) is 0 Å². The Kier molecular flexibility index (Phi) is 6.76. The van der Waals surface area contributed by atoms with Crippen molar-refractivity contribution >= 4 is 5.91 Å². The molecule has 0 fully saturated rings. The first-order valence-electron chi connectivity index (χ1n) is 4.74. The van der Waals surface area contributed by atoms with Crippen LogP contribution in [0.4, 0.5) is 0 Å². The Bertz CT molecular complexity index is 120. The van der Waals surface area contributed by atoms with Crippen LogP contribution in [0.1, 0.15) is 33.1 Å². The lowest BCUT2D eigenvalue weighted by molar-refractivity contribution is -0.131. The molecule has 0 aromatic heterocycles. The van der Waals surface area contributed by atoms with Gasteiger partial charge in [-0.05, 0) is 12.8 Å². The van der Waals surface area contributed by atoms with Gasteiger partial charge in [0.15, 0.2) is 0 Å². The standard InChI is InChI=1S/C9H20N2O/c1-3-7-11(8-4-2)9(12)5-6-10/h3-8,10H2,1-2H3. The van der Waals surface area contributed by atoms with E-state index in [9.17, 15) is 4.79 Å². The van der Waals surface area contributed by atoms with Gasteiger partial charge in [-0.1, -0.05) is 13.8 Å². The van der Waals surface area contributed by atoms with Gasteiger partial charge in [0.1, 0.15) is 0 Å². The van der Waals surface area contributed by atoms with Gasteiger partial charge in [-0.15, -0.1) is 0 Å². The summed E-state index contributed by atoms with van der Waals surface area (Å²) in [6.07, 6.45) is 2.53. The maximum atomic E-state index is 11.4. The van der Waals surface area contributed by atoms with Crippen molar-refractivity contribution in [2.75, 3.05) is 19.6 Å². The third kappa shape index (κ3) is 4.34. The SMILES string of the molecule is CCCN(CCC)C(=O)CCN. The van der Waals surface area contributed by atoms with Gasteiger partial charge in [-0.3, -0.25) is 4.79 Å². The number of nitrogens with two attached hydrogens (primary N) is 1. The molecule has 0 spiro atoms. The zero-order valence-electron chi connectivity index (χ0n) is 8.18. The Hall–Kier alpha value is -0.570. The third-order valence-electron chi connectivity index (χ3n) is 1.70. The molecule has 0 rings (SSSR count). The lowest BCUT2D eigenvalue weighted by Gasteiger charge is -2.20. The summed E-state index contributed by atoms with van der Waals surface area (Å²) in [5.74, 6) is 0.196. The summed E-state index contributed by atoms with van der Waals surface area (Å²) in [7, 11) is 0. The lowest BCUT2D eigenvalue weighted by Crippen LogP contribution is -2.33. The lowest BCUT2D eigenvalue weighted by atomic mass is 10.3. The minimum Gasteiger partial charge on any atom is -0.343 e. The van der Waals surface area contributed by atoms with Gasteiger partial charge < -0.3 is 10.6 Å². The monoisotopic (exact) mass is 172 g/mol. The molecular formula is C9H20N2O. The van der Waals surface area contributed by atoms with Crippen molar-refractivity contribution < 1.29 is 4.79 Å². The topological polar surface area (TPSA) is 46.3 Å². The molecule has 12 heavy (non-hydrogen) atoms. The van der Waals surface area contributed by atoms with Crippen LogP contribution in [0.15, 0.2) is 0 Å². The van der Waals surface area contributed by atoms with Crippen LogP contribution in [-0.4, -0.2) is 30.4 Å². The molecule has 0 bridgehead atoms.